The summed E-state index contributed by atoms with van der Waals surface area (Å²) < 4.78 is 16.5. The summed E-state index contributed by atoms with van der Waals surface area (Å²) in [5.74, 6) is 2.50. The Morgan fingerprint density at radius 1 is 1.14 bits per heavy atom. The minimum atomic E-state index is -0.869. The number of nitrogens with zero attached hydrogens (tertiary/aromatic N) is 4. The molecule has 0 radical (unpaired) electrons. The zero-order valence-corrected chi connectivity index (χ0v) is 22.2. The van der Waals surface area contributed by atoms with Gasteiger partial charge in [0.05, 0.1) is 0 Å². The molecule has 3 N–H and O–H groups in total. The fourth-order valence-corrected chi connectivity index (χ4v) is 5.01. The molecule has 0 bridgehead atoms. The largest absolute Gasteiger partial charge is 0.491 e. The number of likely N-dealkylation sites (N-methyl/N-ethyl adjacent to an activating group) is 1. The Labute approximate surface area is 219 Å². The molecule has 2 aliphatic heterocycles. The van der Waals surface area contributed by atoms with E-state index in [9.17, 15) is 10.2 Å². The Balaban J connectivity index is 1.59. The molecule has 0 spiro atoms. The molecule has 2 aromatic rings. The van der Waals surface area contributed by atoms with Crippen molar-refractivity contribution >= 4 is 5.82 Å². The molecule has 0 saturated carbocycles. The van der Waals surface area contributed by atoms with Crippen LogP contribution in [0.1, 0.15) is 37.3 Å². The van der Waals surface area contributed by atoms with Gasteiger partial charge in [-0.2, -0.15) is 0 Å². The third-order valence-corrected chi connectivity index (χ3v) is 7.28. The normalized spacial score (nSPS) is 19.5. The molecule has 204 valence electrons. The van der Waals surface area contributed by atoms with E-state index in [4.69, 9.17) is 24.2 Å². The lowest BCUT2D eigenvalue weighted by molar-refractivity contribution is -0.181. The van der Waals surface area contributed by atoms with Crippen LogP contribution < -0.4 is 15.0 Å². The number of aliphatic hydroxyl groups is 2. The predicted octanol–water partition coefficient (Wildman–Crippen LogP) is 1.82. The molecular formula is C27H41N5O5. The first-order chi connectivity index (χ1) is 18.0. The zero-order chi connectivity index (χ0) is 26.2. The van der Waals surface area contributed by atoms with Crippen LogP contribution in [-0.4, -0.2) is 104 Å². The van der Waals surface area contributed by atoms with Gasteiger partial charge in [0.1, 0.15) is 24.3 Å². The van der Waals surface area contributed by atoms with Crippen LogP contribution in [0.3, 0.4) is 0 Å². The molecule has 0 aliphatic carbocycles. The SMILES string of the molecule is CNCC(O)COc1cccc(-c2nc(C3CCN(C(O)OC)CC3)cc(N(C)C3CCOCC3)n2)c1. The number of aliphatic hydroxyl groups excluding tert-OH is 2. The number of hydrogen-bond acceptors (Lipinski definition) is 10. The summed E-state index contributed by atoms with van der Waals surface area (Å²) in [5, 5.41) is 23.0. The predicted molar refractivity (Wildman–Crippen MR) is 142 cm³/mol. The maximum Gasteiger partial charge on any atom is 0.215 e. The van der Waals surface area contributed by atoms with Gasteiger partial charge in [0.2, 0.25) is 6.41 Å². The van der Waals surface area contributed by atoms with Crippen LogP contribution in [0.15, 0.2) is 30.3 Å². The molecule has 2 aliphatic rings. The van der Waals surface area contributed by atoms with Gasteiger partial charge >= 0.3 is 0 Å². The second kappa shape index (κ2) is 13.5. The quantitative estimate of drug-likeness (QED) is 0.383. The molecule has 2 fully saturated rings. The highest BCUT2D eigenvalue weighted by Crippen LogP contribution is 2.32. The molecule has 0 amide bonds. The maximum absolute atomic E-state index is 10.1. The average Bonchev–Trinajstić information content (AvgIpc) is 2.96. The van der Waals surface area contributed by atoms with Crippen molar-refractivity contribution in [3.8, 4) is 17.1 Å². The highest BCUT2D eigenvalue weighted by atomic mass is 16.6. The van der Waals surface area contributed by atoms with Gasteiger partial charge in [0.25, 0.3) is 0 Å². The third kappa shape index (κ3) is 7.37. The standard InChI is InChI=1S/C27H41N5O5/c1-28-17-22(33)18-37-23-6-4-5-20(15-23)26-29-24(19-7-11-32(12-8-19)27(34)35-3)16-25(30-26)31(2)21-9-13-36-14-10-21/h4-6,15-16,19,21-22,27-28,33-34H,7-14,17-18H2,1-3H3. The monoisotopic (exact) mass is 515 g/mol. The van der Waals surface area contributed by atoms with Gasteiger partial charge in [0, 0.05) is 76.3 Å². The molecule has 10 heteroatoms. The lowest BCUT2D eigenvalue weighted by Gasteiger charge is -2.35. The summed E-state index contributed by atoms with van der Waals surface area (Å²) in [4.78, 5) is 14.2. The number of aromatic nitrogens is 2. The first-order valence-corrected chi connectivity index (χ1v) is 13.2. The van der Waals surface area contributed by atoms with Crippen LogP contribution in [0, 0.1) is 0 Å². The average molecular weight is 516 g/mol. The molecule has 1 aromatic carbocycles. The van der Waals surface area contributed by atoms with Crippen LogP contribution in [-0.2, 0) is 9.47 Å². The maximum atomic E-state index is 10.1. The van der Waals surface area contributed by atoms with Gasteiger partial charge in [-0.3, -0.25) is 4.90 Å². The van der Waals surface area contributed by atoms with Crippen molar-refractivity contribution in [1.29, 1.82) is 0 Å². The Morgan fingerprint density at radius 2 is 1.89 bits per heavy atom. The van der Waals surface area contributed by atoms with Crippen molar-refractivity contribution in [2.45, 2.75) is 50.2 Å². The fraction of sp³-hybridized carbons (Fsp3) is 0.630. The van der Waals surface area contributed by atoms with Crippen molar-refractivity contribution in [2.75, 3.05) is 65.6 Å². The molecule has 2 saturated heterocycles. The molecule has 2 unspecified atom stereocenters. The summed E-state index contributed by atoms with van der Waals surface area (Å²) >= 11 is 0. The number of likely N-dealkylation sites (tertiary alicyclic amines) is 1. The zero-order valence-electron chi connectivity index (χ0n) is 22.2. The first-order valence-electron chi connectivity index (χ1n) is 13.2. The Hall–Kier alpha value is -2.34. The van der Waals surface area contributed by atoms with Crippen LogP contribution in [0.5, 0.6) is 5.75 Å². The highest BCUT2D eigenvalue weighted by molar-refractivity contribution is 5.60. The van der Waals surface area contributed by atoms with E-state index >= 15 is 0 Å². The van der Waals surface area contributed by atoms with Crippen LogP contribution in [0.4, 0.5) is 5.82 Å². The van der Waals surface area contributed by atoms with E-state index in [1.54, 1.807) is 7.05 Å². The van der Waals surface area contributed by atoms with Gasteiger partial charge < -0.3 is 34.6 Å². The van der Waals surface area contributed by atoms with Crippen LogP contribution in [0.2, 0.25) is 0 Å². The van der Waals surface area contributed by atoms with Crippen LogP contribution in [0.25, 0.3) is 11.4 Å². The van der Waals surface area contributed by atoms with Crippen molar-refractivity contribution in [3.63, 3.8) is 0 Å². The molecule has 37 heavy (non-hydrogen) atoms. The van der Waals surface area contributed by atoms with E-state index in [0.29, 0.717) is 24.2 Å². The number of benzene rings is 1. The van der Waals surface area contributed by atoms with E-state index < -0.39 is 12.5 Å². The van der Waals surface area contributed by atoms with Gasteiger partial charge in [-0.15, -0.1) is 0 Å². The molecule has 1 aromatic heterocycles. The lowest BCUT2D eigenvalue weighted by Crippen LogP contribution is -2.42. The smallest absolute Gasteiger partial charge is 0.215 e. The van der Waals surface area contributed by atoms with E-state index in [2.05, 4.69) is 23.3 Å². The number of rotatable bonds is 11. The summed E-state index contributed by atoms with van der Waals surface area (Å²) in [7, 11) is 5.42. The van der Waals surface area contributed by atoms with E-state index in [-0.39, 0.29) is 12.5 Å². The topological polar surface area (TPSA) is 112 Å². The molecule has 2 atom stereocenters. The minimum absolute atomic E-state index is 0.203. The van der Waals surface area contributed by atoms with Gasteiger partial charge in [0.15, 0.2) is 5.82 Å². The van der Waals surface area contributed by atoms with E-state index in [1.165, 1.54) is 7.11 Å². The first kappa shape index (κ1) is 27.7. The van der Waals surface area contributed by atoms with Crippen molar-refractivity contribution in [3.05, 3.63) is 36.0 Å². The Morgan fingerprint density at radius 3 is 2.59 bits per heavy atom. The minimum Gasteiger partial charge on any atom is -0.491 e. The second-order valence-electron chi connectivity index (χ2n) is 9.85. The summed E-state index contributed by atoms with van der Waals surface area (Å²) in [5.41, 5.74) is 1.89. The summed E-state index contributed by atoms with van der Waals surface area (Å²) in [6.07, 6.45) is 2.24. The number of piperidine rings is 1. The number of methoxy groups -OCH3 is 1. The van der Waals surface area contributed by atoms with Crippen molar-refractivity contribution < 1.29 is 24.4 Å². The van der Waals surface area contributed by atoms with Gasteiger partial charge in [-0.25, -0.2) is 9.97 Å². The summed E-state index contributed by atoms with van der Waals surface area (Å²) in [6, 6.07) is 10.2. The number of anilines is 1. The summed E-state index contributed by atoms with van der Waals surface area (Å²) in [6.45, 7) is 3.67. The van der Waals surface area contributed by atoms with Crippen LogP contribution >= 0.6 is 0 Å². The van der Waals surface area contributed by atoms with Crippen molar-refractivity contribution in [2.24, 2.45) is 0 Å². The number of hydrogen-bond donors (Lipinski definition) is 3. The molecule has 4 rings (SSSR count). The molecule has 3 heterocycles. The number of nitrogens with one attached hydrogen (secondary N) is 1. The van der Waals surface area contributed by atoms with Gasteiger partial charge in [-0.05, 0) is 44.9 Å². The Kier molecular flexibility index (Phi) is 10.1. The van der Waals surface area contributed by atoms with E-state index in [1.807, 2.05) is 29.2 Å². The fourth-order valence-electron chi connectivity index (χ4n) is 5.01. The van der Waals surface area contributed by atoms with Gasteiger partial charge in [-0.1, -0.05) is 12.1 Å². The molecular weight excluding hydrogens is 474 g/mol. The third-order valence-electron chi connectivity index (χ3n) is 7.28. The Bertz CT molecular complexity index is 981. The number of ether oxygens (including phenoxy) is 3. The van der Waals surface area contributed by atoms with E-state index in [0.717, 1.165) is 69.1 Å². The highest BCUT2D eigenvalue weighted by Gasteiger charge is 2.28. The molecule has 10 nitrogen and oxygen atoms in total. The van der Waals surface area contributed by atoms with Crippen molar-refractivity contribution in [1.82, 2.24) is 20.2 Å². The lowest BCUT2D eigenvalue weighted by atomic mass is 9.93. The second-order valence-corrected chi connectivity index (χ2v) is 9.85.